The van der Waals surface area contributed by atoms with E-state index in [0.717, 1.165) is 16.1 Å². The van der Waals surface area contributed by atoms with Crippen molar-refractivity contribution in [3.63, 3.8) is 0 Å². The first-order valence-electron chi connectivity index (χ1n) is 2.95. The molecular formula is C8H7ClS. The van der Waals surface area contributed by atoms with E-state index < -0.39 is 0 Å². The molecule has 1 aromatic carbocycles. The van der Waals surface area contributed by atoms with E-state index in [1.165, 1.54) is 0 Å². The second kappa shape index (κ2) is 3.13. The van der Waals surface area contributed by atoms with Gasteiger partial charge in [0.05, 0.1) is 0 Å². The summed E-state index contributed by atoms with van der Waals surface area (Å²) in [6.07, 6.45) is 0. The van der Waals surface area contributed by atoms with Crippen molar-refractivity contribution in [1.82, 2.24) is 0 Å². The van der Waals surface area contributed by atoms with Crippen LogP contribution in [0.15, 0.2) is 18.2 Å². The normalized spacial score (nSPS) is 9.40. The zero-order valence-corrected chi connectivity index (χ0v) is 7.17. The maximum atomic E-state index is 5.73. The molecule has 0 radical (unpaired) electrons. The summed E-state index contributed by atoms with van der Waals surface area (Å²) in [5.74, 6) is 0. The molecule has 0 saturated carbocycles. The third-order valence-electron chi connectivity index (χ3n) is 1.36. The number of halogens is 1. The number of rotatable bonds is 1. The van der Waals surface area contributed by atoms with E-state index in [9.17, 15) is 0 Å². The molecule has 0 aliphatic heterocycles. The first kappa shape index (κ1) is 7.70. The third-order valence-corrected chi connectivity index (χ3v) is 1.85. The lowest BCUT2D eigenvalue weighted by molar-refractivity contribution is 1.46. The fourth-order valence-corrected chi connectivity index (χ4v) is 1.26. The van der Waals surface area contributed by atoms with E-state index in [0.29, 0.717) is 0 Å². The van der Waals surface area contributed by atoms with Crippen LogP contribution in [0.25, 0.3) is 0 Å². The predicted octanol–water partition coefficient (Wildman–Crippen LogP) is 3.00. The lowest BCUT2D eigenvalue weighted by Crippen LogP contribution is -1.82. The average Bonchev–Trinajstić information content (AvgIpc) is 1.88. The van der Waals surface area contributed by atoms with Crippen LogP contribution in [0.2, 0.25) is 5.02 Å². The molecule has 0 aromatic heterocycles. The third kappa shape index (κ3) is 1.55. The summed E-state index contributed by atoms with van der Waals surface area (Å²) in [4.78, 5) is 0. The SMILES string of the molecule is Cc1cc(Cl)ccc1C=S. The molecular weight excluding hydrogens is 164 g/mol. The van der Waals surface area contributed by atoms with E-state index >= 15 is 0 Å². The van der Waals surface area contributed by atoms with Gasteiger partial charge in [-0.1, -0.05) is 29.9 Å². The van der Waals surface area contributed by atoms with E-state index in [1.54, 1.807) is 5.37 Å². The van der Waals surface area contributed by atoms with Crippen molar-refractivity contribution in [2.45, 2.75) is 6.92 Å². The summed E-state index contributed by atoms with van der Waals surface area (Å²) in [5.41, 5.74) is 2.20. The van der Waals surface area contributed by atoms with Crippen LogP contribution in [0.3, 0.4) is 0 Å². The molecule has 0 saturated heterocycles. The second-order valence-corrected chi connectivity index (χ2v) is 2.79. The van der Waals surface area contributed by atoms with Gasteiger partial charge < -0.3 is 0 Å². The quantitative estimate of drug-likeness (QED) is 0.584. The Bertz CT molecular complexity index is 255. The minimum Gasteiger partial charge on any atom is -0.0881 e. The molecule has 1 rings (SSSR count). The molecule has 2 heteroatoms. The lowest BCUT2D eigenvalue weighted by Gasteiger charge is -1.97. The Morgan fingerprint density at radius 3 is 2.70 bits per heavy atom. The summed E-state index contributed by atoms with van der Waals surface area (Å²) in [7, 11) is 0. The zero-order valence-electron chi connectivity index (χ0n) is 5.60. The zero-order chi connectivity index (χ0) is 7.56. The fraction of sp³-hybridized carbons (Fsp3) is 0.125. The van der Waals surface area contributed by atoms with E-state index in [2.05, 4.69) is 0 Å². The Morgan fingerprint density at radius 1 is 1.50 bits per heavy atom. The Balaban J connectivity index is 3.19. The highest BCUT2D eigenvalue weighted by Gasteiger charge is 1.93. The van der Waals surface area contributed by atoms with Gasteiger partial charge in [-0.05, 0) is 30.2 Å². The van der Waals surface area contributed by atoms with Gasteiger partial charge in [0.15, 0.2) is 0 Å². The van der Waals surface area contributed by atoms with E-state index in [1.807, 2.05) is 25.1 Å². The minimum absolute atomic E-state index is 0.762. The fourth-order valence-electron chi connectivity index (χ4n) is 0.771. The van der Waals surface area contributed by atoms with Crippen LogP contribution in [-0.4, -0.2) is 5.37 Å². The van der Waals surface area contributed by atoms with Gasteiger partial charge in [-0.3, -0.25) is 0 Å². The van der Waals surface area contributed by atoms with Gasteiger partial charge in [0.25, 0.3) is 0 Å². The average molecular weight is 171 g/mol. The largest absolute Gasteiger partial charge is 0.0881 e. The number of benzene rings is 1. The predicted molar refractivity (Wildman–Crippen MR) is 48.9 cm³/mol. The van der Waals surface area contributed by atoms with Crippen LogP contribution in [0.4, 0.5) is 0 Å². The number of hydrogen-bond acceptors (Lipinski definition) is 1. The Kier molecular flexibility index (Phi) is 2.41. The van der Waals surface area contributed by atoms with Gasteiger partial charge in [0.1, 0.15) is 0 Å². The van der Waals surface area contributed by atoms with Gasteiger partial charge in [-0.25, -0.2) is 0 Å². The van der Waals surface area contributed by atoms with Crippen molar-refractivity contribution in [3.05, 3.63) is 34.3 Å². The Hall–Kier alpha value is -0.400. The van der Waals surface area contributed by atoms with Crippen molar-refractivity contribution in [2.75, 3.05) is 0 Å². The molecule has 0 bridgehead atoms. The highest BCUT2D eigenvalue weighted by atomic mass is 35.5. The van der Waals surface area contributed by atoms with Gasteiger partial charge >= 0.3 is 0 Å². The van der Waals surface area contributed by atoms with Crippen LogP contribution < -0.4 is 0 Å². The van der Waals surface area contributed by atoms with Crippen LogP contribution >= 0.6 is 23.8 Å². The Morgan fingerprint density at radius 2 is 2.20 bits per heavy atom. The molecule has 0 spiro atoms. The maximum absolute atomic E-state index is 5.73. The lowest BCUT2D eigenvalue weighted by atomic mass is 10.1. The molecule has 0 heterocycles. The summed E-state index contributed by atoms with van der Waals surface area (Å²) in [5, 5.41) is 2.42. The molecule has 0 N–H and O–H groups in total. The standard InChI is InChI=1S/C8H7ClS/c1-6-4-8(9)3-2-7(6)5-10/h2-5H,1H3. The van der Waals surface area contributed by atoms with Gasteiger partial charge in [-0.15, -0.1) is 0 Å². The van der Waals surface area contributed by atoms with Gasteiger partial charge in [0, 0.05) is 10.4 Å². The molecule has 0 atom stereocenters. The maximum Gasteiger partial charge on any atom is 0.0409 e. The summed E-state index contributed by atoms with van der Waals surface area (Å²) < 4.78 is 0. The number of thiocarbonyl (C=S) groups is 1. The van der Waals surface area contributed by atoms with Crippen molar-refractivity contribution in [1.29, 1.82) is 0 Å². The van der Waals surface area contributed by atoms with E-state index in [-0.39, 0.29) is 0 Å². The summed E-state index contributed by atoms with van der Waals surface area (Å²) in [6.45, 7) is 1.99. The Labute approximate surface area is 70.8 Å². The van der Waals surface area contributed by atoms with Crippen LogP contribution in [-0.2, 0) is 0 Å². The van der Waals surface area contributed by atoms with Crippen LogP contribution in [0.1, 0.15) is 11.1 Å². The molecule has 52 valence electrons. The first-order chi connectivity index (χ1) is 4.74. The summed E-state index contributed by atoms with van der Waals surface area (Å²) >= 11 is 10.5. The molecule has 0 aliphatic rings. The molecule has 0 aliphatic carbocycles. The molecule has 1 aromatic rings. The van der Waals surface area contributed by atoms with E-state index in [4.69, 9.17) is 23.8 Å². The summed E-state index contributed by atoms with van der Waals surface area (Å²) in [6, 6.07) is 5.66. The van der Waals surface area contributed by atoms with Gasteiger partial charge in [0.2, 0.25) is 0 Å². The molecule has 0 fully saturated rings. The molecule has 0 unspecified atom stereocenters. The molecule has 0 nitrogen and oxygen atoms in total. The van der Waals surface area contributed by atoms with Gasteiger partial charge in [-0.2, -0.15) is 0 Å². The highest BCUT2D eigenvalue weighted by molar-refractivity contribution is 7.79. The highest BCUT2D eigenvalue weighted by Crippen LogP contribution is 2.13. The van der Waals surface area contributed by atoms with Crippen LogP contribution in [0.5, 0.6) is 0 Å². The monoisotopic (exact) mass is 170 g/mol. The van der Waals surface area contributed by atoms with Crippen molar-refractivity contribution < 1.29 is 0 Å². The van der Waals surface area contributed by atoms with Crippen molar-refractivity contribution in [2.24, 2.45) is 0 Å². The smallest absolute Gasteiger partial charge is 0.0409 e. The topological polar surface area (TPSA) is 0 Å². The van der Waals surface area contributed by atoms with Crippen molar-refractivity contribution in [3.8, 4) is 0 Å². The second-order valence-electron chi connectivity index (χ2n) is 2.12. The number of hydrogen-bond donors (Lipinski definition) is 0. The molecule has 0 amide bonds. The van der Waals surface area contributed by atoms with Crippen LogP contribution in [0, 0.1) is 6.92 Å². The number of aryl methyl sites for hydroxylation is 1. The molecule has 10 heavy (non-hydrogen) atoms. The van der Waals surface area contributed by atoms with Crippen molar-refractivity contribution >= 4 is 29.2 Å². The minimum atomic E-state index is 0.762. The first-order valence-corrected chi connectivity index (χ1v) is 3.80.